The van der Waals surface area contributed by atoms with Crippen LogP contribution in [0.5, 0.6) is 0 Å². The Balaban J connectivity index is 1.51. The van der Waals surface area contributed by atoms with Crippen LogP contribution in [-0.2, 0) is 19.1 Å². The lowest BCUT2D eigenvalue weighted by Crippen LogP contribution is -2.28. The Morgan fingerprint density at radius 2 is 1.96 bits per heavy atom. The molecule has 7 heteroatoms. The molecule has 1 heterocycles. The lowest BCUT2D eigenvalue weighted by atomic mass is 10.1. The number of esters is 1. The van der Waals surface area contributed by atoms with Crippen molar-refractivity contribution in [2.75, 3.05) is 23.4 Å². The molecule has 140 valence electrons. The molecule has 1 aliphatic heterocycles. The summed E-state index contributed by atoms with van der Waals surface area (Å²) in [5, 5.41) is 3.16. The number of nitrogens with one attached hydrogen (secondary N) is 1. The smallest absolute Gasteiger partial charge is 0.311 e. The van der Waals surface area contributed by atoms with Crippen LogP contribution in [0.4, 0.5) is 11.4 Å². The molecule has 1 fully saturated rings. The fraction of sp³-hybridized carbons (Fsp3) is 0.250. The molecule has 1 saturated heterocycles. The number of anilines is 2. The minimum absolute atomic E-state index is 0.0723. The molecule has 0 saturated carbocycles. The van der Waals surface area contributed by atoms with Gasteiger partial charge in [0.2, 0.25) is 5.91 Å². The third-order valence-electron chi connectivity index (χ3n) is 4.33. The van der Waals surface area contributed by atoms with Gasteiger partial charge in [0, 0.05) is 29.4 Å². The molecule has 2 aromatic carbocycles. The molecule has 3 rings (SSSR count). The van der Waals surface area contributed by atoms with Crippen LogP contribution in [-0.4, -0.2) is 30.9 Å². The first-order valence-electron chi connectivity index (χ1n) is 8.52. The number of carbonyl (C=O) groups excluding carboxylic acids is 3. The molecule has 2 aromatic rings. The maximum atomic E-state index is 12.2. The largest absolute Gasteiger partial charge is 0.455 e. The van der Waals surface area contributed by atoms with Crippen molar-refractivity contribution in [2.24, 2.45) is 5.92 Å². The summed E-state index contributed by atoms with van der Waals surface area (Å²) in [6, 6.07) is 14.3. The molecule has 1 aliphatic rings. The number of hydrogen-bond donors (Lipinski definition) is 1. The molecule has 1 unspecified atom stereocenters. The number of rotatable bonds is 5. The SMILES string of the molecule is Cc1ccc(NC(=O)COC(=O)C2CC(=O)N(c3ccccc3)C2)cc1Cl. The molecule has 1 atom stereocenters. The van der Waals surface area contributed by atoms with Crippen molar-refractivity contribution in [1.29, 1.82) is 0 Å². The average molecular weight is 387 g/mol. The maximum absolute atomic E-state index is 12.2. The molecule has 0 aromatic heterocycles. The quantitative estimate of drug-likeness (QED) is 0.801. The zero-order valence-corrected chi connectivity index (χ0v) is 15.5. The van der Waals surface area contributed by atoms with Crippen LogP contribution in [0, 0.1) is 12.8 Å². The van der Waals surface area contributed by atoms with E-state index < -0.39 is 24.4 Å². The lowest BCUT2D eigenvalue weighted by molar-refractivity contribution is -0.151. The average Bonchev–Trinajstić information content (AvgIpc) is 3.05. The Kier molecular flexibility index (Phi) is 5.76. The Morgan fingerprint density at radius 3 is 2.67 bits per heavy atom. The third-order valence-corrected chi connectivity index (χ3v) is 4.73. The first-order valence-corrected chi connectivity index (χ1v) is 8.90. The zero-order valence-electron chi connectivity index (χ0n) is 14.8. The van der Waals surface area contributed by atoms with E-state index in [-0.39, 0.29) is 18.9 Å². The number of hydrogen-bond acceptors (Lipinski definition) is 4. The van der Waals surface area contributed by atoms with Crippen LogP contribution in [0.3, 0.4) is 0 Å². The molecular weight excluding hydrogens is 368 g/mol. The van der Waals surface area contributed by atoms with E-state index in [0.717, 1.165) is 11.3 Å². The Bertz CT molecular complexity index is 870. The Morgan fingerprint density at radius 1 is 1.22 bits per heavy atom. The lowest BCUT2D eigenvalue weighted by Gasteiger charge is -2.16. The topological polar surface area (TPSA) is 75.7 Å². The monoisotopic (exact) mass is 386 g/mol. The number of benzene rings is 2. The predicted molar refractivity (Wildman–Crippen MR) is 103 cm³/mol. The number of amides is 2. The number of ether oxygens (including phenoxy) is 1. The summed E-state index contributed by atoms with van der Waals surface area (Å²) in [5.41, 5.74) is 2.17. The summed E-state index contributed by atoms with van der Waals surface area (Å²) in [5.74, 6) is -1.74. The van der Waals surface area contributed by atoms with Crippen LogP contribution < -0.4 is 10.2 Å². The van der Waals surface area contributed by atoms with Gasteiger partial charge in [0.1, 0.15) is 0 Å². The van der Waals surface area contributed by atoms with E-state index in [1.807, 2.05) is 37.3 Å². The Hall–Kier alpha value is -2.86. The van der Waals surface area contributed by atoms with Gasteiger partial charge in [0.05, 0.1) is 5.92 Å². The summed E-state index contributed by atoms with van der Waals surface area (Å²) in [4.78, 5) is 37.9. The highest BCUT2D eigenvalue weighted by Crippen LogP contribution is 2.25. The standard InChI is InChI=1S/C20H19ClN2O4/c1-13-7-8-15(10-17(13)21)22-18(24)12-27-20(26)14-9-19(25)23(11-14)16-5-3-2-4-6-16/h2-8,10,14H,9,11-12H2,1H3,(H,22,24). The molecule has 0 spiro atoms. The van der Waals surface area contributed by atoms with Crippen molar-refractivity contribution < 1.29 is 19.1 Å². The van der Waals surface area contributed by atoms with E-state index >= 15 is 0 Å². The van der Waals surface area contributed by atoms with Crippen molar-refractivity contribution in [3.63, 3.8) is 0 Å². The minimum atomic E-state index is -0.584. The third kappa shape index (κ3) is 4.65. The first-order chi connectivity index (χ1) is 12.9. The molecule has 0 aliphatic carbocycles. The molecule has 2 amide bonds. The van der Waals surface area contributed by atoms with Crippen LogP contribution in [0.15, 0.2) is 48.5 Å². The second kappa shape index (κ2) is 8.22. The number of nitrogens with zero attached hydrogens (tertiary/aromatic N) is 1. The highest BCUT2D eigenvalue weighted by molar-refractivity contribution is 6.31. The van der Waals surface area contributed by atoms with Gasteiger partial charge in [-0.1, -0.05) is 35.9 Å². The summed E-state index contributed by atoms with van der Waals surface area (Å²) < 4.78 is 5.08. The van der Waals surface area contributed by atoms with E-state index in [4.69, 9.17) is 16.3 Å². The second-order valence-corrected chi connectivity index (χ2v) is 6.77. The highest BCUT2D eigenvalue weighted by Gasteiger charge is 2.36. The van der Waals surface area contributed by atoms with E-state index in [1.54, 1.807) is 23.1 Å². The van der Waals surface area contributed by atoms with Gasteiger partial charge in [-0.15, -0.1) is 0 Å². The number of carbonyl (C=O) groups is 3. The van der Waals surface area contributed by atoms with Gasteiger partial charge >= 0.3 is 5.97 Å². The molecule has 1 N–H and O–H groups in total. The minimum Gasteiger partial charge on any atom is -0.455 e. The Labute approximate surface area is 162 Å². The van der Waals surface area contributed by atoms with Crippen molar-refractivity contribution in [2.45, 2.75) is 13.3 Å². The van der Waals surface area contributed by atoms with Gasteiger partial charge in [-0.2, -0.15) is 0 Å². The van der Waals surface area contributed by atoms with Crippen molar-refractivity contribution in [3.05, 3.63) is 59.1 Å². The van der Waals surface area contributed by atoms with Gasteiger partial charge in [-0.3, -0.25) is 14.4 Å². The van der Waals surface area contributed by atoms with Crippen molar-refractivity contribution in [1.82, 2.24) is 0 Å². The van der Waals surface area contributed by atoms with Gasteiger partial charge in [-0.05, 0) is 36.8 Å². The van der Waals surface area contributed by atoms with Gasteiger partial charge in [0.15, 0.2) is 6.61 Å². The highest BCUT2D eigenvalue weighted by atomic mass is 35.5. The summed E-state index contributed by atoms with van der Waals surface area (Å²) in [6.45, 7) is 1.69. The van der Waals surface area contributed by atoms with E-state index in [2.05, 4.69) is 5.32 Å². The van der Waals surface area contributed by atoms with E-state index in [1.165, 1.54) is 0 Å². The van der Waals surface area contributed by atoms with Crippen LogP contribution in [0.2, 0.25) is 5.02 Å². The van der Waals surface area contributed by atoms with Crippen LogP contribution in [0.1, 0.15) is 12.0 Å². The van der Waals surface area contributed by atoms with Gasteiger partial charge in [0.25, 0.3) is 5.91 Å². The normalized spacial score (nSPS) is 16.3. The van der Waals surface area contributed by atoms with E-state index in [9.17, 15) is 14.4 Å². The van der Waals surface area contributed by atoms with E-state index in [0.29, 0.717) is 10.7 Å². The summed E-state index contributed by atoms with van der Waals surface area (Å²) >= 11 is 6.02. The zero-order chi connectivity index (χ0) is 19.4. The van der Waals surface area contributed by atoms with Crippen LogP contribution in [0.25, 0.3) is 0 Å². The number of aryl methyl sites for hydroxylation is 1. The molecule has 27 heavy (non-hydrogen) atoms. The fourth-order valence-corrected chi connectivity index (χ4v) is 3.03. The van der Waals surface area contributed by atoms with Crippen molar-refractivity contribution in [3.8, 4) is 0 Å². The number of halogens is 1. The molecular formula is C20H19ClN2O4. The molecule has 0 bridgehead atoms. The van der Waals surface area contributed by atoms with Gasteiger partial charge in [-0.25, -0.2) is 0 Å². The van der Waals surface area contributed by atoms with Crippen LogP contribution >= 0.6 is 11.6 Å². The molecule has 0 radical (unpaired) electrons. The maximum Gasteiger partial charge on any atom is 0.311 e. The van der Waals surface area contributed by atoms with Crippen molar-refractivity contribution >= 4 is 40.8 Å². The molecule has 6 nitrogen and oxygen atoms in total. The second-order valence-electron chi connectivity index (χ2n) is 6.36. The summed E-state index contributed by atoms with van der Waals surface area (Å²) in [7, 11) is 0. The predicted octanol–water partition coefficient (Wildman–Crippen LogP) is 3.18. The first kappa shape index (κ1) is 18.9. The number of para-hydroxylation sites is 1. The summed E-state index contributed by atoms with van der Waals surface area (Å²) in [6.07, 6.45) is 0.0723. The fourth-order valence-electron chi connectivity index (χ4n) is 2.85. The van der Waals surface area contributed by atoms with Gasteiger partial charge < -0.3 is 15.0 Å².